The maximum Gasteiger partial charge on any atom is 0.0991 e. The molecule has 0 saturated heterocycles. The highest BCUT2D eigenvalue weighted by atomic mass is 16.6. The molecule has 1 saturated carbocycles. The molecule has 0 radical (unpaired) electrons. The Hall–Kier alpha value is -0.160. The van der Waals surface area contributed by atoms with E-state index in [-0.39, 0.29) is 12.2 Å². The van der Waals surface area contributed by atoms with E-state index in [1.54, 1.807) is 7.11 Å². The molecular formula is C14H29NO3. The van der Waals surface area contributed by atoms with Crippen molar-refractivity contribution in [3.05, 3.63) is 0 Å². The molecule has 3 atom stereocenters. The first-order chi connectivity index (χ1) is 8.48. The number of rotatable bonds is 8. The Bertz CT molecular complexity index is 228. The van der Waals surface area contributed by atoms with Gasteiger partial charge in [-0.25, -0.2) is 0 Å². The number of hydrogen-bond donors (Lipinski definition) is 1. The fraction of sp³-hybridized carbons (Fsp3) is 1.00. The van der Waals surface area contributed by atoms with Crippen LogP contribution in [0, 0.1) is 5.41 Å². The van der Waals surface area contributed by atoms with Crippen LogP contribution < -0.4 is 5.32 Å². The van der Waals surface area contributed by atoms with Crippen LogP contribution in [0.25, 0.3) is 0 Å². The Morgan fingerprint density at radius 2 is 1.83 bits per heavy atom. The molecule has 18 heavy (non-hydrogen) atoms. The van der Waals surface area contributed by atoms with Gasteiger partial charge < -0.3 is 19.5 Å². The third kappa shape index (κ3) is 5.22. The van der Waals surface area contributed by atoms with E-state index in [0.717, 1.165) is 19.4 Å². The second kappa shape index (κ2) is 7.43. The molecule has 4 heteroatoms. The van der Waals surface area contributed by atoms with Crippen LogP contribution in [-0.4, -0.2) is 52.2 Å². The first-order valence-corrected chi connectivity index (χ1v) is 6.87. The first kappa shape index (κ1) is 15.9. The van der Waals surface area contributed by atoms with Crippen molar-refractivity contribution in [3.63, 3.8) is 0 Å². The molecule has 0 aromatic rings. The van der Waals surface area contributed by atoms with Crippen molar-refractivity contribution in [2.75, 3.05) is 34.0 Å². The molecule has 4 nitrogen and oxygen atoms in total. The van der Waals surface area contributed by atoms with E-state index in [1.807, 2.05) is 7.05 Å². The third-order valence-corrected chi connectivity index (χ3v) is 3.40. The van der Waals surface area contributed by atoms with Gasteiger partial charge in [-0.1, -0.05) is 20.8 Å². The molecule has 1 aliphatic rings. The molecule has 0 amide bonds. The summed E-state index contributed by atoms with van der Waals surface area (Å²) in [6.07, 6.45) is 2.53. The Kier molecular flexibility index (Phi) is 6.57. The van der Waals surface area contributed by atoms with Gasteiger partial charge in [0.25, 0.3) is 0 Å². The summed E-state index contributed by atoms with van der Waals surface area (Å²) >= 11 is 0. The van der Waals surface area contributed by atoms with Gasteiger partial charge in [0, 0.05) is 19.8 Å². The average Bonchev–Trinajstić information content (AvgIpc) is 2.27. The van der Waals surface area contributed by atoms with Gasteiger partial charge in [-0.2, -0.15) is 0 Å². The summed E-state index contributed by atoms with van der Waals surface area (Å²) in [6.45, 7) is 8.80. The molecule has 1 fully saturated rings. The lowest BCUT2D eigenvalue weighted by molar-refractivity contribution is -0.153. The van der Waals surface area contributed by atoms with Crippen molar-refractivity contribution in [1.82, 2.24) is 5.32 Å². The van der Waals surface area contributed by atoms with Gasteiger partial charge in [-0.15, -0.1) is 0 Å². The van der Waals surface area contributed by atoms with Crippen LogP contribution in [0.5, 0.6) is 0 Å². The van der Waals surface area contributed by atoms with Crippen molar-refractivity contribution >= 4 is 0 Å². The second-order valence-corrected chi connectivity index (χ2v) is 6.18. The van der Waals surface area contributed by atoms with E-state index in [1.165, 1.54) is 0 Å². The predicted octanol–water partition coefficient (Wildman–Crippen LogP) is 1.83. The number of likely N-dealkylation sites (N-methyl/N-ethyl adjacent to an activating group) is 1. The van der Waals surface area contributed by atoms with Gasteiger partial charge in [0.15, 0.2) is 0 Å². The number of ether oxygens (including phenoxy) is 3. The quantitative estimate of drug-likeness (QED) is 0.675. The molecule has 3 unspecified atom stereocenters. The number of hydrogen-bond acceptors (Lipinski definition) is 4. The largest absolute Gasteiger partial charge is 0.382 e. The molecule has 108 valence electrons. The fourth-order valence-corrected chi connectivity index (χ4v) is 2.03. The monoisotopic (exact) mass is 259 g/mol. The van der Waals surface area contributed by atoms with Crippen LogP contribution in [0.1, 0.15) is 33.6 Å². The molecule has 1 N–H and O–H groups in total. The molecule has 0 aliphatic heterocycles. The Morgan fingerprint density at radius 3 is 2.39 bits per heavy atom. The minimum Gasteiger partial charge on any atom is -0.382 e. The zero-order chi connectivity index (χ0) is 13.6. The van der Waals surface area contributed by atoms with Crippen LogP contribution in [0.2, 0.25) is 0 Å². The molecule has 0 spiro atoms. The average molecular weight is 259 g/mol. The highest BCUT2D eigenvalue weighted by Crippen LogP contribution is 2.28. The summed E-state index contributed by atoms with van der Waals surface area (Å²) in [5.41, 5.74) is 0.332. The zero-order valence-corrected chi connectivity index (χ0v) is 12.5. The molecule has 1 aliphatic carbocycles. The molecular weight excluding hydrogens is 230 g/mol. The first-order valence-electron chi connectivity index (χ1n) is 6.87. The maximum atomic E-state index is 5.92. The zero-order valence-electron chi connectivity index (χ0n) is 12.5. The predicted molar refractivity (Wildman–Crippen MR) is 72.9 cm³/mol. The Labute approximate surface area is 111 Å². The lowest BCUT2D eigenvalue weighted by Crippen LogP contribution is -2.59. The normalized spacial score (nSPS) is 28.2. The molecule has 0 aromatic heterocycles. The van der Waals surface area contributed by atoms with E-state index >= 15 is 0 Å². The second-order valence-electron chi connectivity index (χ2n) is 6.18. The topological polar surface area (TPSA) is 39.7 Å². The van der Waals surface area contributed by atoms with Crippen molar-refractivity contribution in [3.8, 4) is 0 Å². The minimum atomic E-state index is 0.171. The molecule has 0 heterocycles. The molecule has 0 bridgehead atoms. The SMILES string of the molecule is CNC1CC(OCCC(C)(C)C)C1OCCOC. The molecule has 1 rings (SSSR count). The van der Waals surface area contributed by atoms with Crippen LogP contribution >= 0.6 is 0 Å². The minimum absolute atomic E-state index is 0.171. The lowest BCUT2D eigenvalue weighted by Gasteiger charge is -2.44. The van der Waals surface area contributed by atoms with Gasteiger partial charge in [0.05, 0.1) is 25.4 Å². The van der Waals surface area contributed by atoms with Gasteiger partial charge in [-0.3, -0.25) is 0 Å². The third-order valence-electron chi connectivity index (χ3n) is 3.40. The van der Waals surface area contributed by atoms with E-state index in [2.05, 4.69) is 26.1 Å². The van der Waals surface area contributed by atoms with Crippen LogP contribution in [0.3, 0.4) is 0 Å². The highest BCUT2D eigenvalue weighted by molar-refractivity contribution is 4.96. The van der Waals surface area contributed by atoms with Gasteiger partial charge in [0.2, 0.25) is 0 Å². The summed E-state index contributed by atoms with van der Waals surface area (Å²) in [5.74, 6) is 0. The summed E-state index contributed by atoms with van der Waals surface area (Å²) in [7, 11) is 3.67. The van der Waals surface area contributed by atoms with Crippen molar-refractivity contribution in [2.45, 2.75) is 51.9 Å². The summed E-state index contributed by atoms with van der Waals surface area (Å²) in [6, 6.07) is 0.418. The van der Waals surface area contributed by atoms with Crippen LogP contribution in [-0.2, 0) is 14.2 Å². The Balaban J connectivity index is 2.23. The van der Waals surface area contributed by atoms with Crippen molar-refractivity contribution in [1.29, 1.82) is 0 Å². The Morgan fingerprint density at radius 1 is 1.11 bits per heavy atom. The van der Waals surface area contributed by atoms with Crippen molar-refractivity contribution in [2.24, 2.45) is 5.41 Å². The van der Waals surface area contributed by atoms with Gasteiger partial charge >= 0.3 is 0 Å². The van der Waals surface area contributed by atoms with E-state index in [9.17, 15) is 0 Å². The van der Waals surface area contributed by atoms with E-state index in [0.29, 0.717) is 24.7 Å². The number of methoxy groups -OCH3 is 1. The summed E-state index contributed by atoms with van der Waals surface area (Å²) < 4.78 is 16.7. The summed E-state index contributed by atoms with van der Waals surface area (Å²) in [5, 5.41) is 3.27. The van der Waals surface area contributed by atoms with Gasteiger partial charge in [0.1, 0.15) is 0 Å². The maximum absolute atomic E-state index is 5.92. The van der Waals surface area contributed by atoms with E-state index < -0.39 is 0 Å². The molecule has 0 aromatic carbocycles. The highest BCUT2D eigenvalue weighted by Gasteiger charge is 2.41. The van der Waals surface area contributed by atoms with E-state index in [4.69, 9.17) is 14.2 Å². The van der Waals surface area contributed by atoms with Crippen LogP contribution in [0.4, 0.5) is 0 Å². The number of nitrogens with one attached hydrogen (secondary N) is 1. The van der Waals surface area contributed by atoms with Crippen molar-refractivity contribution < 1.29 is 14.2 Å². The lowest BCUT2D eigenvalue weighted by atomic mass is 9.85. The fourth-order valence-electron chi connectivity index (χ4n) is 2.03. The smallest absolute Gasteiger partial charge is 0.0991 e. The summed E-state index contributed by atoms with van der Waals surface area (Å²) in [4.78, 5) is 0. The van der Waals surface area contributed by atoms with Crippen LogP contribution in [0.15, 0.2) is 0 Å². The standard InChI is InChI=1S/C14H29NO3/c1-14(2,3)6-7-17-12-10-11(15-4)13(12)18-9-8-16-5/h11-13,15H,6-10H2,1-5H3. The van der Waals surface area contributed by atoms with Gasteiger partial charge in [-0.05, 0) is 25.3 Å².